The van der Waals surface area contributed by atoms with E-state index in [0.29, 0.717) is 5.92 Å². The van der Waals surface area contributed by atoms with Gasteiger partial charge in [0.1, 0.15) is 0 Å². The van der Waals surface area contributed by atoms with E-state index >= 15 is 0 Å². The Hall–Kier alpha value is -1.52. The zero-order valence-electron chi connectivity index (χ0n) is 9.83. The number of hydrogen-bond acceptors (Lipinski definition) is 3. The highest BCUT2D eigenvalue weighted by Crippen LogP contribution is 2.39. The number of fused-ring (bicyclic) bond motifs is 2. The second-order valence-electron chi connectivity index (χ2n) is 4.69. The molecule has 0 aliphatic carbocycles. The quantitative estimate of drug-likeness (QED) is 0.587. The Labute approximate surface area is 100 Å². The molecule has 0 aromatic heterocycles. The molecule has 2 heterocycles. The van der Waals surface area contributed by atoms with Gasteiger partial charge in [-0.2, -0.15) is 0 Å². The molecule has 1 N–H and O–H groups in total. The van der Waals surface area contributed by atoms with Crippen LogP contribution in [0.5, 0.6) is 0 Å². The van der Waals surface area contributed by atoms with Crippen LogP contribution in [0.25, 0.3) is 0 Å². The van der Waals surface area contributed by atoms with Gasteiger partial charge >= 0.3 is 12.1 Å². The molecule has 0 aromatic carbocycles. The topological polar surface area (TPSA) is 66.8 Å². The maximum absolute atomic E-state index is 11.1. The van der Waals surface area contributed by atoms with Gasteiger partial charge in [-0.15, -0.1) is 0 Å². The lowest BCUT2D eigenvalue weighted by atomic mass is 9.90. The second-order valence-corrected chi connectivity index (χ2v) is 4.69. The van der Waals surface area contributed by atoms with Crippen molar-refractivity contribution in [1.82, 2.24) is 4.90 Å². The molecule has 2 unspecified atom stereocenters. The van der Waals surface area contributed by atoms with Gasteiger partial charge in [0.2, 0.25) is 0 Å². The predicted molar refractivity (Wildman–Crippen MR) is 60.6 cm³/mol. The molecule has 2 bridgehead atoms. The number of carbonyl (C=O) groups excluding carboxylic acids is 1. The maximum Gasteiger partial charge on any atom is 0.407 e. The number of hydrogen-bond donors (Lipinski definition) is 1. The molecule has 0 radical (unpaired) electrons. The number of rotatable bonds is 2. The van der Waals surface area contributed by atoms with Crippen molar-refractivity contribution < 1.29 is 19.4 Å². The third kappa shape index (κ3) is 2.43. The number of piperidine rings is 1. The van der Waals surface area contributed by atoms with Gasteiger partial charge in [0.05, 0.1) is 7.11 Å². The van der Waals surface area contributed by atoms with Crippen LogP contribution < -0.4 is 0 Å². The average molecular weight is 239 g/mol. The fraction of sp³-hybridized carbons (Fsp3) is 0.667. The third-order valence-corrected chi connectivity index (χ3v) is 3.70. The van der Waals surface area contributed by atoms with E-state index in [0.717, 1.165) is 25.7 Å². The summed E-state index contributed by atoms with van der Waals surface area (Å²) in [4.78, 5) is 23.6. The molecule has 5 heteroatoms. The van der Waals surface area contributed by atoms with Gasteiger partial charge in [-0.05, 0) is 31.6 Å². The highest BCUT2D eigenvalue weighted by Gasteiger charge is 2.42. The summed E-state index contributed by atoms with van der Waals surface area (Å²) in [7, 11) is 1.35. The molecule has 94 valence electrons. The van der Waals surface area contributed by atoms with Gasteiger partial charge in [0, 0.05) is 18.2 Å². The molecule has 2 atom stereocenters. The van der Waals surface area contributed by atoms with Crippen LogP contribution >= 0.6 is 0 Å². The van der Waals surface area contributed by atoms with Crippen molar-refractivity contribution in [3.05, 3.63) is 12.2 Å². The highest BCUT2D eigenvalue weighted by atomic mass is 16.5. The molecule has 2 fully saturated rings. The van der Waals surface area contributed by atoms with E-state index in [2.05, 4.69) is 4.74 Å². The predicted octanol–water partition coefficient (Wildman–Crippen LogP) is 1.64. The molecule has 2 aliphatic heterocycles. The summed E-state index contributed by atoms with van der Waals surface area (Å²) in [6, 6.07) is 0.247. The Kier molecular flexibility index (Phi) is 3.36. The SMILES string of the molecule is COC(=O)/C=C/C1CC2CCC(C1)N2C(=O)O. The molecule has 17 heavy (non-hydrogen) atoms. The van der Waals surface area contributed by atoms with Crippen LogP contribution in [0.3, 0.4) is 0 Å². The van der Waals surface area contributed by atoms with Gasteiger partial charge in [0.25, 0.3) is 0 Å². The Morgan fingerprint density at radius 2 is 1.88 bits per heavy atom. The standard InChI is InChI=1S/C12H17NO4/c1-17-11(14)5-2-8-6-9-3-4-10(7-8)13(9)12(15)16/h2,5,8-10H,3-4,6-7H2,1H3,(H,15,16)/b5-2+. The van der Waals surface area contributed by atoms with Crippen molar-refractivity contribution in [2.75, 3.05) is 7.11 Å². The number of carboxylic acid groups (broad SMARTS) is 1. The lowest BCUT2D eigenvalue weighted by molar-refractivity contribution is -0.134. The Bertz CT molecular complexity index is 338. The molecule has 0 saturated carbocycles. The lowest BCUT2D eigenvalue weighted by Crippen LogP contribution is -2.45. The first-order valence-electron chi connectivity index (χ1n) is 5.89. The number of carbonyl (C=O) groups is 2. The summed E-state index contributed by atoms with van der Waals surface area (Å²) in [5.74, 6) is -0.0554. The fourth-order valence-corrected chi connectivity index (χ4v) is 2.97. The van der Waals surface area contributed by atoms with E-state index in [1.54, 1.807) is 4.90 Å². The van der Waals surface area contributed by atoms with Crippen LogP contribution in [0.1, 0.15) is 25.7 Å². The van der Waals surface area contributed by atoms with Gasteiger partial charge < -0.3 is 14.7 Å². The molecule has 0 aromatic rings. The first kappa shape index (κ1) is 12.0. The molecule has 5 nitrogen and oxygen atoms in total. The third-order valence-electron chi connectivity index (χ3n) is 3.70. The number of methoxy groups -OCH3 is 1. The Morgan fingerprint density at radius 3 is 2.35 bits per heavy atom. The van der Waals surface area contributed by atoms with E-state index in [9.17, 15) is 9.59 Å². The van der Waals surface area contributed by atoms with E-state index in [-0.39, 0.29) is 18.1 Å². The summed E-state index contributed by atoms with van der Waals surface area (Å²) in [5.41, 5.74) is 0. The van der Waals surface area contributed by atoms with Crippen LogP contribution in [0.4, 0.5) is 4.79 Å². The molecule has 2 rings (SSSR count). The van der Waals surface area contributed by atoms with Crippen LogP contribution in [0.15, 0.2) is 12.2 Å². The van der Waals surface area contributed by atoms with Crippen molar-refractivity contribution in [2.45, 2.75) is 37.8 Å². The van der Waals surface area contributed by atoms with Gasteiger partial charge in [-0.3, -0.25) is 0 Å². The summed E-state index contributed by atoms with van der Waals surface area (Å²) in [6.07, 6.45) is 6.01. The van der Waals surface area contributed by atoms with E-state index in [1.807, 2.05) is 6.08 Å². The van der Waals surface area contributed by atoms with E-state index in [4.69, 9.17) is 5.11 Å². The van der Waals surface area contributed by atoms with Gasteiger partial charge in [-0.1, -0.05) is 6.08 Å². The summed E-state index contributed by atoms with van der Waals surface area (Å²) in [6.45, 7) is 0. The molecule has 0 spiro atoms. The first-order valence-corrected chi connectivity index (χ1v) is 5.89. The van der Waals surface area contributed by atoms with E-state index < -0.39 is 6.09 Å². The molecular weight excluding hydrogens is 222 g/mol. The Morgan fingerprint density at radius 1 is 1.29 bits per heavy atom. The molecule has 1 amide bonds. The largest absolute Gasteiger partial charge is 0.466 e. The average Bonchev–Trinajstić information content (AvgIpc) is 2.58. The lowest BCUT2D eigenvalue weighted by Gasteiger charge is -2.35. The fourth-order valence-electron chi connectivity index (χ4n) is 2.97. The number of amides is 1. The molecular formula is C12H17NO4. The van der Waals surface area contributed by atoms with Crippen molar-refractivity contribution in [2.24, 2.45) is 5.92 Å². The van der Waals surface area contributed by atoms with Gasteiger partial charge in [0.15, 0.2) is 0 Å². The summed E-state index contributed by atoms with van der Waals surface area (Å²) >= 11 is 0. The smallest absolute Gasteiger partial charge is 0.407 e. The van der Waals surface area contributed by atoms with Crippen LogP contribution in [-0.2, 0) is 9.53 Å². The number of esters is 1. The number of allylic oxidation sites excluding steroid dienone is 1. The molecule has 2 aliphatic rings. The van der Waals surface area contributed by atoms with Gasteiger partial charge in [-0.25, -0.2) is 9.59 Å². The summed E-state index contributed by atoms with van der Waals surface area (Å²) < 4.78 is 4.54. The monoisotopic (exact) mass is 239 g/mol. The van der Waals surface area contributed by atoms with Crippen LogP contribution in [0, 0.1) is 5.92 Å². The van der Waals surface area contributed by atoms with Crippen LogP contribution in [0.2, 0.25) is 0 Å². The van der Waals surface area contributed by atoms with Crippen LogP contribution in [-0.4, -0.2) is 41.3 Å². The van der Waals surface area contributed by atoms with E-state index in [1.165, 1.54) is 13.2 Å². The number of ether oxygens (including phenoxy) is 1. The highest BCUT2D eigenvalue weighted by molar-refractivity contribution is 5.81. The minimum absolute atomic E-state index is 0.124. The zero-order valence-corrected chi connectivity index (χ0v) is 9.83. The van der Waals surface area contributed by atoms with Crippen molar-refractivity contribution >= 4 is 12.1 Å². The minimum Gasteiger partial charge on any atom is -0.466 e. The van der Waals surface area contributed by atoms with Crippen molar-refractivity contribution in [3.63, 3.8) is 0 Å². The first-order chi connectivity index (χ1) is 8.11. The second kappa shape index (κ2) is 4.77. The van der Waals surface area contributed by atoms with Crippen molar-refractivity contribution in [3.8, 4) is 0 Å². The Balaban J connectivity index is 1.98. The minimum atomic E-state index is -0.812. The summed E-state index contributed by atoms with van der Waals surface area (Å²) in [5, 5.41) is 9.10. The van der Waals surface area contributed by atoms with Crippen molar-refractivity contribution in [1.29, 1.82) is 0 Å². The maximum atomic E-state index is 11.1. The number of nitrogens with zero attached hydrogens (tertiary/aromatic N) is 1. The molecule has 2 saturated heterocycles. The zero-order chi connectivity index (χ0) is 12.4. The normalized spacial score (nSPS) is 31.8.